The third-order valence-corrected chi connectivity index (χ3v) is 2.18. The predicted octanol–water partition coefficient (Wildman–Crippen LogP) is 0.552. The molecule has 0 N–H and O–H groups in total. The van der Waals surface area contributed by atoms with Crippen LogP contribution in [0.2, 0.25) is 5.02 Å². The molecule has 0 aliphatic heterocycles. The predicted molar refractivity (Wildman–Crippen MR) is 58.5 cm³/mol. The van der Waals surface area contributed by atoms with E-state index < -0.39 is 5.56 Å². The molecule has 1 heterocycles. The van der Waals surface area contributed by atoms with Crippen LogP contribution in [0, 0.1) is 0 Å². The Morgan fingerprint density at radius 2 is 2.20 bits per heavy atom. The van der Waals surface area contributed by atoms with Gasteiger partial charge in [-0.1, -0.05) is 11.6 Å². The number of rotatable bonds is 3. The summed E-state index contributed by atoms with van der Waals surface area (Å²) in [5, 5.41) is 3.94. The Bertz CT molecular complexity index is 439. The molecule has 1 rings (SSSR count). The number of nitrogens with zero attached hydrogens (tertiary/aromatic N) is 3. The number of halogens is 1. The Morgan fingerprint density at radius 1 is 1.60 bits per heavy atom. The van der Waals surface area contributed by atoms with Gasteiger partial charge in [-0.15, -0.1) is 0 Å². The van der Waals surface area contributed by atoms with Crippen LogP contribution in [-0.4, -0.2) is 29.7 Å². The molecule has 0 fully saturated rings. The van der Waals surface area contributed by atoms with Crippen LogP contribution in [0.1, 0.15) is 6.92 Å². The van der Waals surface area contributed by atoms with Gasteiger partial charge in [0.05, 0.1) is 11.9 Å². The Kier molecular flexibility index (Phi) is 3.47. The number of ketones is 1. The van der Waals surface area contributed by atoms with E-state index >= 15 is 0 Å². The molecule has 1 aromatic rings. The number of carbonyl (C=O) groups excluding carboxylic acids is 1. The van der Waals surface area contributed by atoms with Crippen molar-refractivity contribution in [3.8, 4) is 0 Å². The highest BCUT2D eigenvalue weighted by Crippen LogP contribution is 2.17. The summed E-state index contributed by atoms with van der Waals surface area (Å²) in [7, 11) is 3.52. The first kappa shape index (κ1) is 11.7. The molecule has 5 nitrogen and oxygen atoms in total. The molecular weight excluding hydrogens is 218 g/mol. The Labute approximate surface area is 92.3 Å². The van der Waals surface area contributed by atoms with E-state index in [1.807, 2.05) is 0 Å². The second-order valence-corrected chi connectivity index (χ2v) is 3.78. The van der Waals surface area contributed by atoms with E-state index in [0.717, 1.165) is 4.68 Å². The number of Topliss-reactive ketones (excluding diaryl/α,β-unsaturated/α-hetero) is 1. The quantitative estimate of drug-likeness (QED) is 0.760. The largest absolute Gasteiger partial charge is 0.375 e. The normalized spacial score (nSPS) is 10.1. The number of anilines is 1. The fraction of sp³-hybridized carbons (Fsp3) is 0.444. The highest BCUT2D eigenvalue weighted by atomic mass is 35.5. The van der Waals surface area contributed by atoms with E-state index in [1.54, 1.807) is 19.0 Å². The van der Waals surface area contributed by atoms with Gasteiger partial charge in [0.25, 0.3) is 5.56 Å². The average Bonchev–Trinajstić information content (AvgIpc) is 2.12. The van der Waals surface area contributed by atoms with Crippen molar-refractivity contribution in [3.63, 3.8) is 0 Å². The monoisotopic (exact) mass is 229 g/mol. The first-order chi connectivity index (χ1) is 6.93. The minimum absolute atomic E-state index is 0.0493. The van der Waals surface area contributed by atoms with E-state index in [0.29, 0.717) is 5.69 Å². The van der Waals surface area contributed by atoms with E-state index in [1.165, 1.54) is 13.1 Å². The van der Waals surface area contributed by atoms with Crippen LogP contribution in [0.15, 0.2) is 11.0 Å². The van der Waals surface area contributed by atoms with E-state index in [4.69, 9.17) is 11.6 Å². The van der Waals surface area contributed by atoms with Crippen molar-refractivity contribution in [2.45, 2.75) is 13.5 Å². The maximum atomic E-state index is 11.6. The average molecular weight is 230 g/mol. The number of aromatic nitrogens is 2. The summed E-state index contributed by atoms with van der Waals surface area (Å²) in [6.07, 6.45) is 1.46. The number of hydrogen-bond acceptors (Lipinski definition) is 4. The van der Waals surface area contributed by atoms with E-state index in [-0.39, 0.29) is 17.4 Å². The molecular formula is C9H12ClN3O2. The molecule has 15 heavy (non-hydrogen) atoms. The van der Waals surface area contributed by atoms with Gasteiger partial charge in [-0.05, 0) is 6.92 Å². The van der Waals surface area contributed by atoms with Crippen molar-refractivity contribution in [1.82, 2.24) is 9.78 Å². The summed E-state index contributed by atoms with van der Waals surface area (Å²) in [5.74, 6) is -0.140. The minimum Gasteiger partial charge on any atom is -0.375 e. The van der Waals surface area contributed by atoms with Crippen LogP contribution in [0.25, 0.3) is 0 Å². The number of hydrogen-bond donors (Lipinski definition) is 0. The Hall–Kier alpha value is -1.36. The lowest BCUT2D eigenvalue weighted by atomic mass is 10.4. The second-order valence-electron chi connectivity index (χ2n) is 3.40. The van der Waals surface area contributed by atoms with Gasteiger partial charge in [0.15, 0.2) is 5.78 Å². The maximum absolute atomic E-state index is 11.6. The summed E-state index contributed by atoms with van der Waals surface area (Å²) in [4.78, 5) is 24.2. The van der Waals surface area contributed by atoms with E-state index in [2.05, 4.69) is 5.10 Å². The van der Waals surface area contributed by atoms with Gasteiger partial charge in [0.2, 0.25) is 0 Å². The first-order valence-corrected chi connectivity index (χ1v) is 4.73. The van der Waals surface area contributed by atoms with Gasteiger partial charge in [-0.2, -0.15) is 5.10 Å². The highest BCUT2D eigenvalue weighted by molar-refractivity contribution is 6.33. The van der Waals surface area contributed by atoms with Gasteiger partial charge in [-0.3, -0.25) is 9.59 Å². The summed E-state index contributed by atoms with van der Waals surface area (Å²) >= 11 is 5.85. The highest BCUT2D eigenvalue weighted by Gasteiger charge is 2.11. The fourth-order valence-corrected chi connectivity index (χ4v) is 1.41. The second kappa shape index (κ2) is 4.44. The molecule has 0 aromatic carbocycles. The standard InChI is InChI=1S/C9H12ClN3O2/c1-6(14)5-13-9(15)8(10)7(4-11-13)12(2)3/h4H,5H2,1-3H3. The smallest absolute Gasteiger partial charge is 0.288 e. The lowest BCUT2D eigenvalue weighted by Gasteiger charge is -2.13. The lowest BCUT2D eigenvalue weighted by Crippen LogP contribution is -2.28. The molecule has 6 heteroatoms. The molecule has 0 aliphatic carbocycles. The molecule has 82 valence electrons. The maximum Gasteiger partial charge on any atom is 0.288 e. The van der Waals surface area contributed by atoms with Crippen LogP contribution in [-0.2, 0) is 11.3 Å². The minimum atomic E-state index is -0.446. The molecule has 0 spiro atoms. The SMILES string of the molecule is CC(=O)Cn1ncc(N(C)C)c(Cl)c1=O. The third-order valence-electron chi connectivity index (χ3n) is 1.82. The summed E-state index contributed by atoms with van der Waals surface area (Å²) in [5.41, 5.74) is 0.0968. The summed E-state index contributed by atoms with van der Waals surface area (Å²) in [6, 6.07) is 0. The molecule has 0 bridgehead atoms. The number of carbonyl (C=O) groups is 1. The molecule has 0 unspecified atom stereocenters. The Morgan fingerprint density at radius 3 is 2.67 bits per heavy atom. The first-order valence-electron chi connectivity index (χ1n) is 4.36. The zero-order valence-electron chi connectivity index (χ0n) is 8.82. The van der Waals surface area contributed by atoms with Crippen LogP contribution >= 0.6 is 11.6 Å². The zero-order chi connectivity index (χ0) is 11.6. The van der Waals surface area contributed by atoms with Crippen LogP contribution in [0.5, 0.6) is 0 Å². The van der Waals surface area contributed by atoms with Gasteiger partial charge in [0, 0.05) is 14.1 Å². The van der Waals surface area contributed by atoms with Crippen molar-refractivity contribution < 1.29 is 4.79 Å². The lowest BCUT2D eigenvalue weighted by molar-refractivity contribution is -0.117. The van der Waals surface area contributed by atoms with Crippen molar-refractivity contribution in [3.05, 3.63) is 21.6 Å². The van der Waals surface area contributed by atoms with Gasteiger partial charge in [-0.25, -0.2) is 4.68 Å². The van der Waals surface area contributed by atoms with Gasteiger partial charge >= 0.3 is 0 Å². The molecule has 0 saturated heterocycles. The van der Waals surface area contributed by atoms with Crippen LogP contribution in [0.4, 0.5) is 5.69 Å². The third kappa shape index (κ3) is 2.56. The van der Waals surface area contributed by atoms with Crippen LogP contribution in [0.3, 0.4) is 0 Å². The molecule has 0 saturated carbocycles. The summed E-state index contributed by atoms with van der Waals surface area (Å²) < 4.78 is 1.05. The Balaban J connectivity index is 3.22. The van der Waals surface area contributed by atoms with Gasteiger partial charge < -0.3 is 4.90 Å². The summed E-state index contributed by atoms with van der Waals surface area (Å²) in [6.45, 7) is 1.34. The zero-order valence-corrected chi connectivity index (χ0v) is 9.58. The molecule has 0 amide bonds. The van der Waals surface area contributed by atoms with Crippen LogP contribution < -0.4 is 10.5 Å². The topological polar surface area (TPSA) is 55.2 Å². The molecule has 0 aliphatic rings. The van der Waals surface area contributed by atoms with Crippen molar-refractivity contribution in [2.24, 2.45) is 0 Å². The fourth-order valence-electron chi connectivity index (χ4n) is 1.09. The van der Waals surface area contributed by atoms with E-state index in [9.17, 15) is 9.59 Å². The molecule has 0 radical (unpaired) electrons. The van der Waals surface area contributed by atoms with Crippen molar-refractivity contribution >= 4 is 23.1 Å². The molecule has 1 aromatic heterocycles. The van der Waals surface area contributed by atoms with Gasteiger partial charge in [0.1, 0.15) is 11.6 Å². The molecule has 0 atom stereocenters. The van der Waals surface area contributed by atoms with Crippen molar-refractivity contribution in [2.75, 3.05) is 19.0 Å². The van der Waals surface area contributed by atoms with Crippen molar-refractivity contribution in [1.29, 1.82) is 0 Å².